The Bertz CT molecular complexity index is 462. The monoisotopic (exact) mass is 299 g/mol. The number of carbonyl (C=O) groups excluding carboxylic acids is 1. The molecule has 0 aliphatic carbocycles. The molecule has 1 aromatic rings. The van der Waals surface area contributed by atoms with Gasteiger partial charge in [0, 0.05) is 20.5 Å². The van der Waals surface area contributed by atoms with Crippen molar-refractivity contribution in [2.24, 2.45) is 0 Å². The number of likely N-dealkylation sites (N-methyl/N-ethyl adjacent to an activating group) is 1. The van der Waals surface area contributed by atoms with Gasteiger partial charge in [0.1, 0.15) is 0 Å². The lowest BCUT2D eigenvalue weighted by Crippen LogP contribution is -2.23. The van der Waals surface area contributed by atoms with Gasteiger partial charge in [-0.1, -0.05) is 67.5 Å². The van der Waals surface area contributed by atoms with E-state index < -0.39 is 0 Å². The molecule has 0 aliphatic rings. The van der Waals surface area contributed by atoms with Crippen LogP contribution < -0.4 is 0 Å². The molecule has 0 saturated carbocycles. The van der Waals surface area contributed by atoms with Gasteiger partial charge in [-0.15, -0.1) is 0 Å². The first-order chi connectivity index (χ1) is 10.7. The van der Waals surface area contributed by atoms with Crippen LogP contribution in [0.4, 0.5) is 0 Å². The van der Waals surface area contributed by atoms with Crippen LogP contribution >= 0.6 is 0 Å². The SMILES string of the molecule is CC(=O)N(C)CC=CC=CCCCCCCc1ccccc1. The third kappa shape index (κ3) is 9.17. The zero-order valence-corrected chi connectivity index (χ0v) is 14.0. The van der Waals surface area contributed by atoms with Gasteiger partial charge < -0.3 is 4.90 Å². The fourth-order valence-electron chi connectivity index (χ4n) is 2.19. The summed E-state index contributed by atoms with van der Waals surface area (Å²) < 4.78 is 0. The molecule has 0 radical (unpaired) electrons. The Morgan fingerprint density at radius 3 is 2.41 bits per heavy atom. The number of unbranched alkanes of at least 4 members (excludes halogenated alkanes) is 4. The summed E-state index contributed by atoms with van der Waals surface area (Å²) in [5.41, 5.74) is 1.45. The third-order valence-corrected chi connectivity index (χ3v) is 3.73. The first kappa shape index (κ1) is 18.2. The Morgan fingerprint density at radius 1 is 1.00 bits per heavy atom. The van der Waals surface area contributed by atoms with Crippen molar-refractivity contribution in [1.29, 1.82) is 0 Å². The predicted octanol–water partition coefficient (Wildman–Crippen LogP) is 4.77. The van der Waals surface area contributed by atoms with Gasteiger partial charge in [0.2, 0.25) is 5.91 Å². The first-order valence-electron chi connectivity index (χ1n) is 8.27. The highest BCUT2D eigenvalue weighted by Crippen LogP contribution is 2.09. The van der Waals surface area contributed by atoms with E-state index in [0.29, 0.717) is 6.54 Å². The lowest BCUT2D eigenvalue weighted by molar-refractivity contribution is -0.127. The van der Waals surface area contributed by atoms with Crippen LogP contribution in [-0.4, -0.2) is 24.4 Å². The minimum Gasteiger partial charge on any atom is -0.342 e. The second-order valence-corrected chi connectivity index (χ2v) is 5.69. The summed E-state index contributed by atoms with van der Waals surface area (Å²) in [5, 5.41) is 0. The third-order valence-electron chi connectivity index (χ3n) is 3.73. The highest BCUT2D eigenvalue weighted by Gasteiger charge is 1.96. The van der Waals surface area contributed by atoms with Crippen molar-refractivity contribution < 1.29 is 4.79 Å². The second-order valence-electron chi connectivity index (χ2n) is 5.69. The normalized spacial score (nSPS) is 11.4. The van der Waals surface area contributed by atoms with Gasteiger partial charge >= 0.3 is 0 Å². The summed E-state index contributed by atoms with van der Waals surface area (Å²) in [6.07, 6.45) is 15.8. The van der Waals surface area contributed by atoms with E-state index in [9.17, 15) is 4.79 Å². The molecule has 2 heteroatoms. The van der Waals surface area contributed by atoms with E-state index in [-0.39, 0.29) is 5.91 Å². The summed E-state index contributed by atoms with van der Waals surface area (Å²) in [6.45, 7) is 2.26. The van der Waals surface area contributed by atoms with E-state index in [4.69, 9.17) is 0 Å². The summed E-state index contributed by atoms with van der Waals surface area (Å²) in [4.78, 5) is 12.7. The number of allylic oxidation sites excluding steroid dienone is 3. The number of aryl methyl sites for hydroxylation is 1. The average molecular weight is 299 g/mol. The van der Waals surface area contributed by atoms with Crippen LogP contribution in [0.1, 0.15) is 44.6 Å². The molecular weight excluding hydrogens is 270 g/mol. The molecule has 1 rings (SSSR count). The molecule has 1 aromatic carbocycles. The van der Waals surface area contributed by atoms with E-state index in [0.717, 1.165) is 6.42 Å². The molecule has 22 heavy (non-hydrogen) atoms. The number of rotatable bonds is 10. The molecule has 0 spiro atoms. The molecule has 0 unspecified atom stereocenters. The quantitative estimate of drug-likeness (QED) is 0.450. The van der Waals surface area contributed by atoms with Crippen molar-refractivity contribution in [2.45, 2.75) is 45.4 Å². The molecule has 0 fully saturated rings. The molecule has 0 saturated heterocycles. The van der Waals surface area contributed by atoms with Gasteiger partial charge in [-0.25, -0.2) is 0 Å². The van der Waals surface area contributed by atoms with Crippen molar-refractivity contribution in [1.82, 2.24) is 4.90 Å². The highest BCUT2D eigenvalue weighted by molar-refractivity contribution is 5.72. The Kier molecular flexibility index (Phi) is 9.76. The Morgan fingerprint density at radius 2 is 1.68 bits per heavy atom. The molecule has 0 heterocycles. The zero-order chi connectivity index (χ0) is 16.0. The van der Waals surface area contributed by atoms with Crippen molar-refractivity contribution in [3.8, 4) is 0 Å². The Labute approximate surface area is 135 Å². The van der Waals surface area contributed by atoms with Crippen LogP contribution in [0.15, 0.2) is 54.6 Å². The molecule has 0 N–H and O–H groups in total. The Balaban J connectivity index is 1.95. The summed E-state index contributed by atoms with van der Waals surface area (Å²) in [6, 6.07) is 10.7. The fraction of sp³-hybridized carbons (Fsp3) is 0.450. The van der Waals surface area contributed by atoms with Gasteiger partial charge in [-0.2, -0.15) is 0 Å². The fourth-order valence-corrected chi connectivity index (χ4v) is 2.19. The lowest BCUT2D eigenvalue weighted by atomic mass is 10.1. The smallest absolute Gasteiger partial charge is 0.219 e. The first-order valence-corrected chi connectivity index (χ1v) is 8.27. The Hall–Kier alpha value is -1.83. The summed E-state index contributed by atoms with van der Waals surface area (Å²) in [5.74, 6) is 0.101. The summed E-state index contributed by atoms with van der Waals surface area (Å²) in [7, 11) is 1.81. The van der Waals surface area contributed by atoms with Crippen molar-refractivity contribution in [3.05, 3.63) is 60.2 Å². The molecule has 0 atom stereocenters. The number of carbonyl (C=O) groups is 1. The molecule has 120 valence electrons. The topological polar surface area (TPSA) is 20.3 Å². The van der Waals surface area contributed by atoms with E-state index in [2.05, 4.69) is 42.5 Å². The van der Waals surface area contributed by atoms with Crippen molar-refractivity contribution in [3.63, 3.8) is 0 Å². The molecule has 2 nitrogen and oxygen atoms in total. The molecular formula is C20H29NO. The van der Waals surface area contributed by atoms with Gasteiger partial charge in [0.05, 0.1) is 0 Å². The van der Waals surface area contributed by atoms with E-state index in [1.165, 1.54) is 37.7 Å². The van der Waals surface area contributed by atoms with Crippen molar-refractivity contribution >= 4 is 5.91 Å². The predicted molar refractivity (Wildman–Crippen MR) is 94.8 cm³/mol. The molecule has 0 aliphatic heterocycles. The minimum absolute atomic E-state index is 0.101. The van der Waals surface area contributed by atoms with Gasteiger partial charge in [-0.3, -0.25) is 4.79 Å². The van der Waals surface area contributed by atoms with Crippen LogP contribution in [-0.2, 0) is 11.2 Å². The lowest BCUT2D eigenvalue weighted by Gasteiger charge is -2.10. The average Bonchev–Trinajstić information content (AvgIpc) is 2.53. The number of amides is 1. The van der Waals surface area contributed by atoms with Crippen LogP contribution in [0.5, 0.6) is 0 Å². The van der Waals surface area contributed by atoms with Gasteiger partial charge in [0.15, 0.2) is 0 Å². The maximum atomic E-state index is 11.0. The second kappa shape index (κ2) is 11.8. The number of nitrogens with zero attached hydrogens (tertiary/aromatic N) is 1. The molecule has 0 bridgehead atoms. The minimum atomic E-state index is 0.101. The van der Waals surface area contributed by atoms with Crippen LogP contribution in [0.25, 0.3) is 0 Å². The standard InChI is InChI=1S/C20H29NO/c1-19(22)21(2)18-14-9-7-5-3-4-6-8-11-15-20-16-12-10-13-17-20/h5,7,9-10,12-14,16-17H,3-4,6,8,11,15,18H2,1-2H3. The largest absolute Gasteiger partial charge is 0.342 e. The van der Waals surface area contributed by atoms with E-state index >= 15 is 0 Å². The number of benzene rings is 1. The maximum absolute atomic E-state index is 11.0. The van der Waals surface area contributed by atoms with E-state index in [1.54, 1.807) is 11.8 Å². The molecule has 1 amide bonds. The van der Waals surface area contributed by atoms with Gasteiger partial charge in [0.25, 0.3) is 0 Å². The maximum Gasteiger partial charge on any atom is 0.219 e. The van der Waals surface area contributed by atoms with Crippen LogP contribution in [0.3, 0.4) is 0 Å². The number of hydrogen-bond acceptors (Lipinski definition) is 1. The van der Waals surface area contributed by atoms with E-state index in [1.807, 2.05) is 19.2 Å². The van der Waals surface area contributed by atoms with Crippen molar-refractivity contribution in [2.75, 3.05) is 13.6 Å². The highest BCUT2D eigenvalue weighted by atomic mass is 16.2. The van der Waals surface area contributed by atoms with Gasteiger partial charge in [-0.05, 0) is 31.2 Å². The zero-order valence-electron chi connectivity index (χ0n) is 14.0. The summed E-state index contributed by atoms with van der Waals surface area (Å²) >= 11 is 0. The van der Waals surface area contributed by atoms with Crippen LogP contribution in [0.2, 0.25) is 0 Å². The van der Waals surface area contributed by atoms with Crippen LogP contribution in [0, 0.1) is 0 Å². The number of hydrogen-bond donors (Lipinski definition) is 0. The molecule has 0 aromatic heterocycles.